The minimum absolute atomic E-state index is 0.112. The first-order valence-corrected chi connectivity index (χ1v) is 4.65. The quantitative estimate of drug-likeness (QED) is 0.553. The summed E-state index contributed by atoms with van der Waals surface area (Å²) in [5, 5.41) is 2.95. The zero-order valence-electron chi connectivity index (χ0n) is 8.29. The minimum Gasteiger partial charge on any atom is -0.351 e. The van der Waals surface area contributed by atoms with Crippen LogP contribution >= 0.6 is 11.6 Å². The molecule has 1 rings (SSSR count). The fraction of sp³-hybridized carbons (Fsp3) is 0. The Morgan fingerprint density at radius 2 is 1.94 bits per heavy atom. The number of primary amides is 1. The topological polar surface area (TPSA) is 101 Å². The maximum Gasteiger partial charge on any atom is 0.319 e. The average Bonchev–Trinajstić information content (AvgIpc) is 2.19. The lowest BCUT2D eigenvalue weighted by Gasteiger charge is -2.05. The zero-order chi connectivity index (χ0) is 13.0. The molecule has 90 valence electrons. The fourth-order valence-electron chi connectivity index (χ4n) is 1.07. The van der Waals surface area contributed by atoms with Crippen LogP contribution in [0.15, 0.2) is 18.2 Å². The highest BCUT2D eigenvalue weighted by Crippen LogP contribution is 2.15. The SMILES string of the molecule is NC(=O)NC(=O)c1cc(NC(=O)Cl)ccc1F. The molecule has 0 saturated heterocycles. The van der Waals surface area contributed by atoms with Gasteiger partial charge in [-0.1, -0.05) is 0 Å². The van der Waals surface area contributed by atoms with E-state index in [1.165, 1.54) is 6.07 Å². The average molecular weight is 260 g/mol. The predicted octanol–water partition coefficient (Wildman–Crippen LogP) is 1.40. The van der Waals surface area contributed by atoms with Crippen LogP contribution in [-0.2, 0) is 0 Å². The Hall–Kier alpha value is -2.15. The molecule has 0 bridgehead atoms. The summed E-state index contributed by atoms with van der Waals surface area (Å²) in [4.78, 5) is 32.3. The molecule has 4 amide bonds. The third-order valence-electron chi connectivity index (χ3n) is 1.69. The number of imide groups is 1. The van der Waals surface area contributed by atoms with Gasteiger partial charge in [-0.15, -0.1) is 0 Å². The molecule has 0 spiro atoms. The highest BCUT2D eigenvalue weighted by molar-refractivity contribution is 6.65. The summed E-state index contributed by atoms with van der Waals surface area (Å²) in [6.45, 7) is 0. The molecule has 6 nitrogen and oxygen atoms in total. The van der Waals surface area contributed by atoms with E-state index in [4.69, 9.17) is 17.3 Å². The summed E-state index contributed by atoms with van der Waals surface area (Å²) in [6, 6.07) is 2.06. The van der Waals surface area contributed by atoms with Crippen LogP contribution in [0, 0.1) is 5.82 Å². The van der Waals surface area contributed by atoms with Gasteiger partial charge in [0.15, 0.2) is 0 Å². The second-order valence-corrected chi connectivity index (χ2v) is 3.25. The van der Waals surface area contributed by atoms with E-state index in [0.717, 1.165) is 12.1 Å². The van der Waals surface area contributed by atoms with Crippen molar-refractivity contribution in [1.29, 1.82) is 0 Å². The lowest BCUT2D eigenvalue weighted by molar-refractivity contribution is 0.0962. The number of rotatable bonds is 2. The first kappa shape index (κ1) is 12.9. The lowest BCUT2D eigenvalue weighted by Crippen LogP contribution is -2.35. The summed E-state index contributed by atoms with van der Waals surface area (Å²) in [5.41, 5.74) is 4.39. The summed E-state index contributed by atoms with van der Waals surface area (Å²) < 4.78 is 13.2. The van der Waals surface area contributed by atoms with Crippen molar-refractivity contribution in [2.24, 2.45) is 5.73 Å². The molecule has 0 saturated carbocycles. The Morgan fingerprint density at radius 3 is 2.47 bits per heavy atom. The maximum atomic E-state index is 13.2. The van der Waals surface area contributed by atoms with Crippen molar-refractivity contribution in [2.45, 2.75) is 0 Å². The predicted molar refractivity (Wildman–Crippen MR) is 58.3 cm³/mol. The summed E-state index contributed by atoms with van der Waals surface area (Å²) in [5.74, 6) is -1.88. The van der Waals surface area contributed by atoms with Gasteiger partial charge in [0.1, 0.15) is 5.82 Å². The normalized spacial score (nSPS) is 9.53. The molecule has 0 aromatic heterocycles. The summed E-state index contributed by atoms with van der Waals surface area (Å²) >= 11 is 5.05. The van der Waals surface area contributed by atoms with E-state index in [1.54, 1.807) is 5.32 Å². The van der Waals surface area contributed by atoms with E-state index in [0.29, 0.717) is 0 Å². The van der Waals surface area contributed by atoms with Crippen LogP contribution in [0.5, 0.6) is 0 Å². The first-order valence-electron chi connectivity index (χ1n) is 4.27. The molecule has 0 heterocycles. The van der Waals surface area contributed by atoms with E-state index in [-0.39, 0.29) is 5.69 Å². The Bertz CT molecular complexity index is 492. The molecule has 17 heavy (non-hydrogen) atoms. The number of urea groups is 1. The van der Waals surface area contributed by atoms with Crippen LogP contribution in [0.25, 0.3) is 0 Å². The molecule has 1 aromatic carbocycles. The molecule has 0 aliphatic carbocycles. The van der Waals surface area contributed by atoms with Crippen LogP contribution in [0.2, 0.25) is 0 Å². The Kier molecular flexibility index (Phi) is 4.00. The summed E-state index contributed by atoms with van der Waals surface area (Å²) in [7, 11) is 0. The number of carbonyl (C=O) groups excluding carboxylic acids is 3. The molecule has 0 unspecified atom stereocenters. The third kappa shape index (κ3) is 3.72. The van der Waals surface area contributed by atoms with Crippen molar-refractivity contribution in [3.8, 4) is 0 Å². The highest BCUT2D eigenvalue weighted by atomic mass is 35.5. The van der Waals surface area contributed by atoms with Crippen molar-refractivity contribution in [3.63, 3.8) is 0 Å². The lowest BCUT2D eigenvalue weighted by atomic mass is 10.1. The molecule has 0 aliphatic heterocycles. The van der Waals surface area contributed by atoms with E-state index >= 15 is 0 Å². The molecular formula is C9H7ClFN3O3. The number of hydrogen-bond donors (Lipinski definition) is 3. The van der Waals surface area contributed by atoms with Crippen molar-refractivity contribution in [3.05, 3.63) is 29.6 Å². The monoisotopic (exact) mass is 259 g/mol. The fourth-order valence-corrected chi connectivity index (χ4v) is 1.18. The van der Waals surface area contributed by atoms with E-state index in [9.17, 15) is 18.8 Å². The Morgan fingerprint density at radius 1 is 1.29 bits per heavy atom. The van der Waals surface area contributed by atoms with Gasteiger partial charge in [-0.2, -0.15) is 0 Å². The maximum absolute atomic E-state index is 13.2. The van der Waals surface area contributed by atoms with E-state index in [1.807, 2.05) is 0 Å². The smallest absolute Gasteiger partial charge is 0.319 e. The van der Waals surface area contributed by atoms with Gasteiger partial charge in [0.2, 0.25) is 0 Å². The first-order chi connectivity index (χ1) is 7.90. The van der Waals surface area contributed by atoms with Gasteiger partial charge in [0, 0.05) is 5.69 Å². The standard InChI is InChI=1S/C9H7ClFN3O3/c10-8(16)13-4-1-2-6(11)5(3-4)7(15)14-9(12)17/h1-3H,(H,13,16)(H3,12,14,15,17). The highest BCUT2D eigenvalue weighted by Gasteiger charge is 2.14. The number of benzene rings is 1. The molecule has 0 atom stereocenters. The zero-order valence-corrected chi connectivity index (χ0v) is 9.05. The van der Waals surface area contributed by atoms with Gasteiger partial charge in [-0.3, -0.25) is 14.9 Å². The molecule has 4 N–H and O–H groups in total. The second-order valence-electron chi connectivity index (χ2n) is 2.91. The molecule has 0 aliphatic rings. The molecule has 8 heteroatoms. The number of nitrogens with two attached hydrogens (primary N) is 1. The van der Waals surface area contributed by atoms with Crippen molar-refractivity contribution >= 4 is 34.6 Å². The van der Waals surface area contributed by atoms with Crippen LogP contribution in [0.3, 0.4) is 0 Å². The largest absolute Gasteiger partial charge is 0.351 e. The van der Waals surface area contributed by atoms with Crippen LogP contribution < -0.4 is 16.4 Å². The number of hydrogen-bond acceptors (Lipinski definition) is 3. The van der Waals surface area contributed by atoms with Gasteiger partial charge < -0.3 is 11.1 Å². The van der Waals surface area contributed by atoms with Gasteiger partial charge in [-0.25, -0.2) is 9.18 Å². The van der Waals surface area contributed by atoms with Gasteiger partial charge in [0.05, 0.1) is 5.56 Å². The molecule has 0 fully saturated rings. The van der Waals surface area contributed by atoms with Crippen molar-refractivity contribution in [1.82, 2.24) is 5.32 Å². The Labute approximate surface area is 99.9 Å². The number of amides is 4. The van der Waals surface area contributed by atoms with Gasteiger partial charge >= 0.3 is 11.4 Å². The Balaban J connectivity index is 3.01. The minimum atomic E-state index is -1.11. The van der Waals surface area contributed by atoms with Crippen LogP contribution in [0.1, 0.15) is 10.4 Å². The molecule has 1 aromatic rings. The van der Waals surface area contributed by atoms with Crippen molar-refractivity contribution < 1.29 is 18.8 Å². The van der Waals surface area contributed by atoms with E-state index < -0.39 is 28.7 Å². The second kappa shape index (κ2) is 5.26. The number of carbonyl (C=O) groups is 3. The van der Waals surface area contributed by atoms with Crippen LogP contribution in [-0.4, -0.2) is 17.3 Å². The molecular weight excluding hydrogens is 253 g/mol. The number of nitrogens with one attached hydrogen (secondary N) is 2. The van der Waals surface area contributed by atoms with Crippen LogP contribution in [0.4, 0.5) is 19.7 Å². The summed E-state index contributed by atoms with van der Waals surface area (Å²) in [6.07, 6.45) is 0. The molecule has 0 radical (unpaired) electrons. The van der Waals surface area contributed by atoms with Gasteiger partial charge in [-0.05, 0) is 29.8 Å². The number of anilines is 1. The third-order valence-corrected chi connectivity index (χ3v) is 1.78. The number of halogens is 2. The van der Waals surface area contributed by atoms with Crippen molar-refractivity contribution in [2.75, 3.05) is 5.32 Å². The van der Waals surface area contributed by atoms with E-state index in [2.05, 4.69) is 5.32 Å². The van der Waals surface area contributed by atoms with Gasteiger partial charge in [0.25, 0.3) is 5.91 Å².